The summed E-state index contributed by atoms with van der Waals surface area (Å²) in [6.07, 6.45) is 1.66. The number of nitrogens with zero attached hydrogens (tertiary/aromatic N) is 4. The van der Waals surface area contributed by atoms with Gasteiger partial charge in [-0.25, -0.2) is 0 Å². The van der Waals surface area contributed by atoms with Crippen LogP contribution in [0.25, 0.3) is 0 Å². The van der Waals surface area contributed by atoms with Gasteiger partial charge in [-0.2, -0.15) is 10.3 Å². The van der Waals surface area contributed by atoms with E-state index in [2.05, 4.69) is 20.7 Å². The van der Waals surface area contributed by atoms with Crippen molar-refractivity contribution in [3.05, 3.63) is 45.6 Å². The molecule has 25 heavy (non-hydrogen) atoms. The minimum absolute atomic E-state index is 0.00579. The quantitative estimate of drug-likeness (QED) is 0.445. The van der Waals surface area contributed by atoms with Crippen LogP contribution in [0.3, 0.4) is 0 Å². The molecule has 11 nitrogen and oxygen atoms in total. The van der Waals surface area contributed by atoms with Crippen LogP contribution in [0, 0.1) is 10.1 Å². The molecule has 0 spiro atoms. The first-order valence-corrected chi connectivity index (χ1v) is 7.27. The standard InChI is InChI=1S/C14H12N6O5/c21-12(16-11-7-15-18-17-11)2-1-5-19-13(22)9-4-3-8(20(24)25)6-10(9)14(19)23/h3-4,6-7H,1-2,5H2,(H2,15,16,17,18,21). The van der Waals surface area contributed by atoms with Crippen molar-refractivity contribution in [3.8, 4) is 0 Å². The lowest BCUT2D eigenvalue weighted by molar-refractivity contribution is -0.384. The zero-order valence-corrected chi connectivity index (χ0v) is 12.8. The van der Waals surface area contributed by atoms with Crippen LogP contribution in [-0.4, -0.2) is 49.5 Å². The number of amides is 3. The lowest BCUT2D eigenvalue weighted by Crippen LogP contribution is -2.31. The van der Waals surface area contributed by atoms with Crippen molar-refractivity contribution in [2.75, 3.05) is 11.9 Å². The van der Waals surface area contributed by atoms with Gasteiger partial charge in [0.15, 0.2) is 5.82 Å². The second-order valence-electron chi connectivity index (χ2n) is 5.26. The van der Waals surface area contributed by atoms with E-state index >= 15 is 0 Å². The van der Waals surface area contributed by atoms with E-state index in [0.29, 0.717) is 0 Å². The summed E-state index contributed by atoms with van der Waals surface area (Å²) in [6, 6.07) is 3.54. The summed E-state index contributed by atoms with van der Waals surface area (Å²) in [5, 5.41) is 22.9. The number of nitro groups is 1. The van der Waals surface area contributed by atoms with Gasteiger partial charge in [-0.05, 0) is 12.5 Å². The SMILES string of the molecule is O=C(CCCN1C(=O)c2ccc([N+](=O)[O-])cc2C1=O)Nc1cn[nH]n1. The maximum Gasteiger partial charge on any atom is 0.270 e. The summed E-state index contributed by atoms with van der Waals surface area (Å²) in [7, 11) is 0. The highest BCUT2D eigenvalue weighted by Crippen LogP contribution is 2.26. The summed E-state index contributed by atoms with van der Waals surface area (Å²) >= 11 is 0. The molecule has 1 aromatic heterocycles. The maximum atomic E-state index is 12.3. The molecule has 0 saturated heterocycles. The van der Waals surface area contributed by atoms with Crippen LogP contribution in [0.1, 0.15) is 33.6 Å². The summed E-state index contributed by atoms with van der Waals surface area (Å²) in [5.74, 6) is -1.17. The number of hydrogen-bond acceptors (Lipinski definition) is 7. The largest absolute Gasteiger partial charge is 0.308 e. The van der Waals surface area contributed by atoms with Gasteiger partial charge in [0, 0.05) is 25.1 Å². The number of aromatic amines is 1. The van der Waals surface area contributed by atoms with Gasteiger partial charge in [-0.15, -0.1) is 5.10 Å². The van der Waals surface area contributed by atoms with Crippen LogP contribution in [-0.2, 0) is 4.79 Å². The maximum absolute atomic E-state index is 12.3. The van der Waals surface area contributed by atoms with Gasteiger partial charge in [-0.3, -0.25) is 29.4 Å². The third kappa shape index (κ3) is 3.20. The lowest BCUT2D eigenvalue weighted by Gasteiger charge is -2.13. The Bertz CT molecular complexity index is 863. The third-order valence-corrected chi connectivity index (χ3v) is 3.63. The van der Waals surface area contributed by atoms with Gasteiger partial charge in [0.25, 0.3) is 17.5 Å². The molecule has 2 heterocycles. The van der Waals surface area contributed by atoms with Crippen molar-refractivity contribution in [2.45, 2.75) is 12.8 Å². The van der Waals surface area contributed by atoms with E-state index in [1.165, 1.54) is 18.3 Å². The topological polar surface area (TPSA) is 151 Å². The Balaban J connectivity index is 1.60. The lowest BCUT2D eigenvalue weighted by atomic mass is 10.1. The Labute approximate surface area is 140 Å². The smallest absolute Gasteiger partial charge is 0.270 e. The molecule has 11 heteroatoms. The van der Waals surface area contributed by atoms with Crippen molar-refractivity contribution >= 4 is 29.2 Å². The molecule has 0 atom stereocenters. The van der Waals surface area contributed by atoms with E-state index in [0.717, 1.165) is 11.0 Å². The predicted octanol–water partition coefficient (Wildman–Crippen LogP) is 0.728. The zero-order chi connectivity index (χ0) is 18.0. The summed E-state index contributed by atoms with van der Waals surface area (Å²) in [6.45, 7) is 0.0341. The first kappa shape index (κ1) is 16.2. The van der Waals surface area contributed by atoms with Crippen LogP contribution < -0.4 is 5.32 Å². The summed E-state index contributed by atoms with van der Waals surface area (Å²) < 4.78 is 0. The number of carbonyl (C=O) groups is 3. The number of fused-ring (bicyclic) bond motifs is 1. The number of anilines is 1. The zero-order valence-electron chi connectivity index (χ0n) is 12.8. The van der Waals surface area contributed by atoms with Crippen molar-refractivity contribution < 1.29 is 19.3 Å². The number of carbonyl (C=O) groups excluding carboxylic acids is 3. The average molecular weight is 344 g/mol. The highest BCUT2D eigenvalue weighted by molar-refractivity contribution is 6.21. The van der Waals surface area contributed by atoms with Crippen LogP contribution in [0.15, 0.2) is 24.4 Å². The first-order valence-electron chi connectivity index (χ1n) is 7.27. The van der Waals surface area contributed by atoms with Crippen LogP contribution in [0.4, 0.5) is 11.5 Å². The van der Waals surface area contributed by atoms with Gasteiger partial charge in [-0.1, -0.05) is 0 Å². The van der Waals surface area contributed by atoms with Gasteiger partial charge < -0.3 is 5.32 Å². The first-order chi connectivity index (χ1) is 12.0. The third-order valence-electron chi connectivity index (χ3n) is 3.63. The number of rotatable bonds is 6. The van der Waals surface area contributed by atoms with Gasteiger partial charge in [0.05, 0.1) is 22.2 Å². The number of benzene rings is 1. The number of nitrogens with one attached hydrogen (secondary N) is 2. The van der Waals surface area contributed by atoms with E-state index in [9.17, 15) is 24.5 Å². The number of non-ortho nitro benzene ring substituents is 1. The number of hydrogen-bond donors (Lipinski definition) is 2. The molecular weight excluding hydrogens is 332 g/mol. The van der Waals surface area contributed by atoms with Crippen LogP contribution >= 0.6 is 0 Å². The highest BCUT2D eigenvalue weighted by Gasteiger charge is 2.36. The van der Waals surface area contributed by atoms with E-state index in [1.807, 2.05) is 0 Å². The van der Waals surface area contributed by atoms with Crippen LogP contribution in [0.2, 0.25) is 0 Å². The molecule has 2 N–H and O–H groups in total. The predicted molar refractivity (Wildman–Crippen MR) is 82.7 cm³/mol. The minimum atomic E-state index is -0.630. The molecule has 0 aliphatic carbocycles. The molecule has 0 radical (unpaired) electrons. The Morgan fingerprint density at radius 3 is 2.72 bits per heavy atom. The number of H-pyrrole nitrogens is 1. The van der Waals surface area contributed by atoms with Crippen molar-refractivity contribution in [1.29, 1.82) is 0 Å². The van der Waals surface area contributed by atoms with E-state index in [4.69, 9.17) is 0 Å². The summed E-state index contributed by atoms with van der Waals surface area (Å²) in [5.41, 5.74) is -0.123. The van der Waals surface area contributed by atoms with Crippen molar-refractivity contribution in [2.24, 2.45) is 0 Å². The molecule has 0 fully saturated rings. The second kappa shape index (κ2) is 6.47. The molecule has 128 valence electrons. The summed E-state index contributed by atoms with van der Waals surface area (Å²) in [4.78, 5) is 47.4. The Kier molecular flexibility index (Phi) is 4.20. The fraction of sp³-hybridized carbons (Fsp3) is 0.214. The Morgan fingerprint density at radius 1 is 1.28 bits per heavy atom. The van der Waals surface area contributed by atoms with Gasteiger partial charge in [0.1, 0.15) is 0 Å². The molecule has 1 aliphatic heterocycles. The van der Waals surface area contributed by atoms with E-state index in [1.54, 1.807) is 0 Å². The fourth-order valence-corrected chi connectivity index (χ4v) is 2.46. The second-order valence-corrected chi connectivity index (χ2v) is 5.26. The van der Waals surface area contributed by atoms with E-state index in [-0.39, 0.29) is 47.9 Å². The molecule has 2 aromatic rings. The molecule has 3 amide bonds. The molecule has 3 rings (SSSR count). The molecular formula is C14H12N6O5. The van der Waals surface area contributed by atoms with E-state index < -0.39 is 16.7 Å². The van der Waals surface area contributed by atoms with Crippen molar-refractivity contribution in [1.82, 2.24) is 20.3 Å². The minimum Gasteiger partial charge on any atom is -0.308 e. The normalized spacial score (nSPS) is 13.0. The van der Waals surface area contributed by atoms with Gasteiger partial charge >= 0.3 is 0 Å². The monoisotopic (exact) mass is 344 g/mol. The molecule has 0 bridgehead atoms. The number of aromatic nitrogens is 3. The molecule has 1 aromatic carbocycles. The molecule has 1 aliphatic rings. The fourth-order valence-electron chi connectivity index (χ4n) is 2.46. The van der Waals surface area contributed by atoms with Gasteiger partial charge in [0.2, 0.25) is 5.91 Å². The number of nitro benzene ring substituents is 1. The van der Waals surface area contributed by atoms with Crippen LogP contribution in [0.5, 0.6) is 0 Å². The van der Waals surface area contributed by atoms with Crippen molar-refractivity contribution in [3.63, 3.8) is 0 Å². The molecule has 0 unspecified atom stereocenters. The number of imide groups is 1. The molecule has 0 saturated carbocycles. The average Bonchev–Trinajstić information content (AvgIpc) is 3.17. The Morgan fingerprint density at radius 2 is 2.04 bits per heavy atom. The Hall–Kier alpha value is -3.63. The highest BCUT2D eigenvalue weighted by atomic mass is 16.6.